The average Bonchev–Trinajstić information content (AvgIpc) is 2.46. The van der Waals surface area contributed by atoms with E-state index in [4.69, 9.17) is 4.74 Å². The largest absolute Gasteiger partial charge is 0.481 e. The van der Waals surface area contributed by atoms with Gasteiger partial charge in [-0.2, -0.15) is 0 Å². The zero-order valence-electron chi connectivity index (χ0n) is 13.6. The number of ether oxygens (including phenoxy) is 1. The van der Waals surface area contributed by atoms with Crippen molar-refractivity contribution in [1.29, 1.82) is 0 Å². The molecular formula is C17H28N2O2. The fourth-order valence-electron chi connectivity index (χ4n) is 1.84. The number of carbonyl (C=O) groups excluding carboxylic acids is 1. The predicted molar refractivity (Wildman–Crippen MR) is 86.4 cm³/mol. The van der Waals surface area contributed by atoms with E-state index in [2.05, 4.69) is 31.4 Å². The number of carbonyl (C=O) groups is 1. The van der Waals surface area contributed by atoms with Crippen molar-refractivity contribution < 1.29 is 9.53 Å². The summed E-state index contributed by atoms with van der Waals surface area (Å²) in [7, 11) is 0. The summed E-state index contributed by atoms with van der Waals surface area (Å²) < 4.78 is 5.66. The molecule has 0 fully saturated rings. The fraction of sp³-hybridized carbons (Fsp3) is 0.588. The SMILES string of the molecule is CCNCc1ccc(OC(C)C(=O)NCCC(C)C)cc1. The first-order valence-corrected chi connectivity index (χ1v) is 7.77. The summed E-state index contributed by atoms with van der Waals surface area (Å²) >= 11 is 0. The highest BCUT2D eigenvalue weighted by molar-refractivity contribution is 5.80. The summed E-state index contributed by atoms with van der Waals surface area (Å²) in [5.74, 6) is 1.25. The maximum Gasteiger partial charge on any atom is 0.260 e. The maximum absolute atomic E-state index is 11.9. The fourth-order valence-corrected chi connectivity index (χ4v) is 1.84. The Bertz CT molecular complexity index is 415. The molecule has 1 aromatic carbocycles. The molecule has 0 aliphatic heterocycles. The van der Waals surface area contributed by atoms with Crippen LogP contribution in [0.3, 0.4) is 0 Å². The Labute approximate surface area is 128 Å². The van der Waals surface area contributed by atoms with Crippen molar-refractivity contribution in [3.8, 4) is 5.75 Å². The van der Waals surface area contributed by atoms with Crippen LogP contribution >= 0.6 is 0 Å². The molecule has 1 unspecified atom stereocenters. The van der Waals surface area contributed by atoms with Gasteiger partial charge in [-0.05, 0) is 43.5 Å². The molecule has 0 bridgehead atoms. The van der Waals surface area contributed by atoms with Crippen LogP contribution in [0.1, 0.15) is 39.7 Å². The van der Waals surface area contributed by atoms with Crippen LogP contribution in [0.5, 0.6) is 5.75 Å². The Kier molecular flexibility index (Phi) is 7.83. The van der Waals surface area contributed by atoms with Gasteiger partial charge in [0.1, 0.15) is 5.75 Å². The highest BCUT2D eigenvalue weighted by Crippen LogP contribution is 2.14. The van der Waals surface area contributed by atoms with E-state index >= 15 is 0 Å². The number of rotatable bonds is 9. The van der Waals surface area contributed by atoms with Crippen LogP contribution in [-0.2, 0) is 11.3 Å². The zero-order valence-corrected chi connectivity index (χ0v) is 13.6. The normalized spacial score (nSPS) is 12.2. The third kappa shape index (κ3) is 7.14. The lowest BCUT2D eigenvalue weighted by Gasteiger charge is -2.15. The monoisotopic (exact) mass is 292 g/mol. The predicted octanol–water partition coefficient (Wildman–Crippen LogP) is 2.73. The van der Waals surface area contributed by atoms with Gasteiger partial charge in [0.25, 0.3) is 5.91 Å². The van der Waals surface area contributed by atoms with Crippen LogP contribution in [0, 0.1) is 5.92 Å². The molecule has 1 atom stereocenters. The molecule has 4 nitrogen and oxygen atoms in total. The molecule has 1 amide bonds. The van der Waals surface area contributed by atoms with Crippen molar-refractivity contribution in [2.45, 2.75) is 46.8 Å². The van der Waals surface area contributed by atoms with Gasteiger partial charge in [0.2, 0.25) is 0 Å². The van der Waals surface area contributed by atoms with Gasteiger partial charge in [-0.25, -0.2) is 0 Å². The lowest BCUT2D eigenvalue weighted by molar-refractivity contribution is -0.127. The standard InChI is InChI=1S/C17H28N2O2/c1-5-18-12-15-6-8-16(9-7-15)21-14(4)17(20)19-11-10-13(2)3/h6-9,13-14,18H,5,10-12H2,1-4H3,(H,19,20). The van der Waals surface area contributed by atoms with Gasteiger partial charge in [0.15, 0.2) is 6.10 Å². The average molecular weight is 292 g/mol. The molecular weight excluding hydrogens is 264 g/mol. The molecule has 0 aliphatic rings. The molecule has 0 aromatic heterocycles. The minimum atomic E-state index is -0.475. The number of nitrogens with one attached hydrogen (secondary N) is 2. The molecule has 0 radical (unpaired) electrons. The third-order valence-corrected chi connectivity index (χ3v) is 3.21. The van der Waals surface area contributed by atoms with Crippen LogP contribution in [0.4, 0.5) is 0 Å². The number of hydrogen-bond acceptors (Lipinski definition) is 3. The minimum Gasteiger partial charge on any atom is -0.481 e. The van der Waals surface area contributed by atoms with E-state index in [0.717, 1.165) is 25.3 Å². The van der Waals surface area contributed by atoms with E-state index < -0.39 is 6.10 Å². The second-order valence-corrected chi connectivity index (χ2v) is 5.66. The molecule has 0 saturated heterocycles. The van der Waals surface area contributed by atoms with Gasteiger partial charge < -0.3 is 15.4 Å². The first-order chi connectivity index (χ1) is 10.0. The lowest BCUT2D eigenvalue weighted by Crippen LogP contribution is -2.37. The molecule has 1 rings (SSSR count). The smallest absolute Gasteiger partial charge is 0.260 e. The van der Waals surface area contributed by atoms with Crippen molar-refractivity contribution in [2.75, 3.05) is 13.1 Å². The summed E-state index contributed by atoms with van der Waals surface area (Å²) in [6, 6.07) is 7.85. The first kappa shape index (κ1) is 17.5. The Morgan fingerprint density at radius 2 is 1.86 bits per heavy atom. The van der Waals surface area contributed by atoms with Crippen LogP contribution < -0.4 is 15.4 Å². The van der Waals surface area contributed by atoms with Gasteiger partial charge in [0.05, 0.1) is 0 Å². The second kappa shape index (κ2) is 9.40. The summed E-state index contributed by atoms with van der Waals surface area (Å²) in [6.45, 7) is 10.6. The van der Waals surface area contributed by atoms with E-state index in [9.17, 15) is 4.79 Å². The van der Waals surface area contributed by atoms with Crippen molar-refractivity contribution in [2.24, 2.45) is 5.92 Å². The molecule has 0 saturated carbocycles. The lowest BCUT2D eigenvalue weighted by atomic mass is 10.1. The number of benzene rings is 1. The Morgan fingerprint density at radius 3 is 2.43 bits per heavy atom. The van der Waals surface area contributed by atoms with Crippen molar-refractivity contribution in [3.63, 3.8) is 0 Å². The summed E-state index contributed by atoms with van der Waals surface area (Å²) in [6.07, 6.45) is 0.509. The number of amides is 1. The Morgan fingerprint density at radius 1 is 1.19 bits per heavy atom. The molecule has 0 aliphatic carbocycles. The van der Waals surface area contributed by atoms with E-state index in [1.165, 1.54) is 5.56 Å². The molecule has 4 heteroatoms. The Balaban J connectivity index is 2.39. The summed E-state index contributed by atoms with van der Waals surface area (Å²) in [5, 5.41) is 6.17. The van der Waals surface area contributed by atoms with Crippen LogP contribution in [0.15, 0.2) is 24.3 Å². The van der Waals surface area contributed by atoms with Gasteiger partial charge in [-0.1, -0.05) is 32.9 Å². The van der Waals surface area contributed by atoms with Gasteiger partial charge in [0, 0.05) is 13.1 Å². The molecule has 2 N–H and O–H groups in total. The van der Waals surface area contributed by atoms with E-state index in [1.807, 2.05) is 24.3 Å². The second-order valence-electron chi connectivity index (χ2n) is 5.66. The van der Waals surface area contributed by atoms with E-state index in [0.29, 0.717) is 12.5 Å². The van der Waals surface area contributed by atoms with Gasteiger partial charge in [-0.15, -0.1) is 0 Å². The number of hydrogen-bond donors (Lipinski definition) is 2. The van der Waals surface area contributed by atoms with Crippen molar-refractivity contribution in [1.82, 2.24) is 10.6 Å². The van der Waals surface area contributed by atoms with Crippen molar-refractivity contribution in [3.05, 3.63) is 29.8 Å². The highest BCUT2D eigenvalue weighted by Gasteiger charge is 2.14. The van der Waals surface area contributed by atoms with Gasteiger partial charge >= 0.3 is 0 Å². The van der Waals surface area contributed by atoms with Crippen LogP contribution in [0.25, 0.3) is 0 Å². The zero-order chi connectivity index (χ0) is 15.7. The van der Waals surface area contributed by atoms with E-state index in [-0.39, 0.29) is 5.91 Å². The molecule has 0 heterocycles. The highest BCUT2D eigenvalue weighted by atomic mass is 16.5. The third-order valence-electron chi connectivity index (χ3n) is 3.21. The first-order valence-electron chi connectivity index (χ1n) is 7.77. The summed E-state index contributed by atoms with van der Waals surface area (Å²) in [4.78, 5) is 11.9. The molecule has 21 heavy (non-hydrogen) atoms. The topological polar surface area (TPSA) is 50.4 Å². The van der Waals surface area contributed by atoms with Crippen molar-refractivity contribution >= 4 is 5.91 Å². The Hall–Kier alpha value is -1.55. The van der Waals surface area contributed by atoms with Gasteiger partial charge in [-0.3, -0.25) is 4.79 Å². The molecule has 1 aromatic rings. The molecule has 118 valence electrons. The van der Waals surface area contributed by atoms with E-state index in [1.54, 1.807) is 6.92 Å². The summed E-state index contributed by atoms with van der Waals surface area (Å²) in [5.41, 5.74) is 1.21. The van der Waals surface area contributed by atoms with Crippen LogP contribution in [0.2, 0.25) is 0 Å². The van der Waals surface area contributed by atoms with Crippen LogP contribution in [-0.4, -0.2) is 25.1 Å². The maximum atomic E-state index is 11.9. The minimum absolute atomic E-state index is 0.0626. The quantitative estimate of drug-likeness (QED) is 0.736. The molecule has 0 spiro atoms.